The third-order valence-corrected chi connectivity index (χ3v) is 4.56. The van der Waals surface area contributed by atoms with Crippen molar-refractivity contribution in [3.05, 3.63) is 24.3 Å². The second kappa shape index (κ2) is 13.0. The molecular weight excluding hydrogens is 336 g/mol. The first-order valence-corrected chi connectivity index (χ1v) is 9.68. The maximum atomic E-state index is 10.5. The highest BCUT2D eigenvalue weighted by Gasteiger charge is 2.36. The molecule has 0 aromatic rings. The van der Waals surface area contributed by atoms with Gasteiger partial charge in [0.15, 0.2) is 0 Å². The summed E-state index contributed by atoms with van der Waals surface area (Å²) in [6, 6.07) is 0. The third kappa shape index (κ3) is 9.48. The van der Waals surface area contributed by atoms with E-state index in [0.717, 1.165) is 12.8 Å². The zero-order chi connectivity index (χ0) is 19.4. The predicted molar refractivity (Wildman–Crippen MR) is 99.8 cm³/mol. The van der Waals surface area contributed by atoms with Crippen LogP contribution in [-0.2, 0) is 9.53 Å². The normalized spacial score (nSPS) is 25.9. The van der Waals surface area contributed by atoms with Crippen molar-refractivity contribution in [2.45, 2.75) is 95.2 Å². The van der Waals surface area contributed by atoms with Gasteiger partial charge in [-0.25, -0.2) is 0 Å². The molecular formula is C20H34O6. The van der Waals surface area contributed by atoms with Crippen molar-refractivity contribution < 1.29 is 30.0 Å². The van der Waals surface area contributed by atoms with Crippen molar-refractivity contribution in [1.82, 2.24) is 0 Å². The molecule has 26 heavy (non-hydrogen) atoms. The predicted octanol–water partition coefficient (Wildman–Crippen LogP) is 2.56. The zero-order valence-electron chi connectivity index (χ0n) is 15.7. The number of hydrogen-bond donors (Lipinski definition) is 4. The van der Waals surface area contributed by atoms with Gasteiger partial charge >= 0.3 is 5.97 Å². The molecule has 0 radical (unpaired) electrons. The van der Waals surface area contributed by atoms with Crippen molar-refractivity contribution in [2.24, 2.45) is 0 Å². The minimum atomic E-state index is -0.905. The van der Waals surface area contributed by atoms with Crippen LogP contribution in [0.15, 0.2) is 24.3 Å². The molecule has 1 rings (SSSR count). The number of carboxylic acids is 1. The summed E-state index contributed by atoms with van der Waals surface area (Å²) in [5.74, 6) is -0.870. The first kappa shape index (κ1) is 22.8. The van der Waals surface area contributed by atoms with Crippen molar-refractivity contribution in [1.29, 1.82) is 0 Å². The van der Waals surface area contributed by atoms with Crippen molar-refractivity contribution in [3.8, 4) is 0 Å². The summed E-state index contributed by atoms with van der Waals surface area (Å²) in [6.45, 7) is 2.16. The number of unbranched alkanes of at least 4 members (excludes halogenated alkanes) is 3. The Kier molecular flexibility index (Phi) is 11.4. The molecule has 0 bridgehead atoms. The highest BCUT2D eigenvalue weighted by Crippen LogP contribution is 2.27. The van der Waals surface area contributed by atoms with E-state index in [0.29, 0.717) is 25.7 Å². The summed E-state index contributed by atoms with van der Waals surface area (Å²) in [4.78, 5) is 10.5. The van der Waals surface area contributed by atoms with Gasteiger partial charge in [-0.3, -0.25) is 4.79 Å². The zero-order valence-corrected chi connectivity index (χ0v) is 15.7. The molecule has 6 nitrogen and oxygen atoms in total. The summed E-state index contributed by atoms with van der Waals surface area (Å²) in [5, 5.41) is 38.7. The fourth-order valence-electron chi connectivity index (χ4n) is 3.01. The standard InChI is InChI=1S/C20H34O6/c1-2-3-4-5-6-7-9-15(21)12-13-16(22)19-14-17(23)18(26-19)10-8-11-20(24)25/h6-7,12-13,15-19,21-23H,2-5,8-11,14H2,1H3,(H,24,25)/b7-6-,13-12-/t15-,16-,17-,18+,19+/m1/s1. The molecule has 5 atom stereocenters. The highest BCUT2D eigenvalue weighted by molar-refractivity contribution is 5.66. The Hall–Kier alpha value is -1.21. The minimum Gasteiger partial charge on any atom is -0.481 e. The molecule has 1 heterocycles. The van der Waals surface area contributed by atoms with Crippen molar-refractivity contribution in [2.75, 3.05) is 0 Å². The van der Waals surface area contributed by atoms with Crippen LogP contribution in [0.25, 0.3) is 0 Å². The molecule has 1 fully saturated rings. The minimum absolute atomic E-state index is 0.0395. The molecule has 0 spiro atoms. The van der Waals surface area contributed by atoms with E-state index in [9.17, 15) is 20.1 Å². The highest BCUT2D eigenvalue weighted by atomic mass is 16.5. The summed E-state index contributed by atoms with van der Waals surface area (Å²) < 4.78 is 5.65. The maximum absolute atomic E-state index is 10.5. The van der Waals surface area contributed by atoms with Crippen LogP contribution in [0, 0.1) is 0 Å². The second-order valence-electron chi connectivity index (χ2n) is 6.95. The van der Waals surface area contributed by atoms with E-state index in [1.807, 2.05) is 6.08 Å². The molecule has 4 N–H and O–H groups in total. The summed E-state index contributed by atoms with van der Waals surface area (Å²) in [7, 11) is 0. The number of aliphatic carboxylic acids is 1. The van der Waals surface area contributed by atoms with Gasteiger partial charge in [0.1, 0.15) is 0 Å². The quantitative estimate of drug-likeness (QED) is 0.293. The molecule has 1 saturated heterocycles. The fourth-order valence-corrected chi connectivity index (χ4v) is 3.01. The van der Waals surface area contributed by atoms with Crippen LogP contribution in [0.5, 0.6) is 0 Å². The first-order chi connectivity index (χ1) is 12.4. The lowest BCUT2D eigenvalue weighted by Crippen LogP contribution is -2.25. The van der Waals surface area contributed by atoms with E-state index in [1.54, 1.807) is 6.08 Å². The van der Waals surface area contributed by atoms with E-state index in [2.05, 4.69) is 13.0 Å². The number of hydrogen-bond acceptors (Lipinski definition) is 5. The van der Waals surface area contributed by atoms with E-state index in [1.165, 1.54) is 18.9 Å². The topological polar surface area (TPSA) is 107 Å². The van der Waals surface area contributed by atoms with Crippen LogP contribution in [0.3, 0.4) is 0 Å². The molecule has 0 saturated carbocycles. The lowest BCUT2D eigenvalue weighted by atomic mass is 10.0. The van der Waals surface area contributed by atoms with Crippen LogP contribution < -0.4 is 0 Å². The van der Waals surface area contributed by atoms with Gasteiger partial charge in [0.05, 0.1) is 30.5 Å². The molecule has 150 valence electrons. The first-order valence-electron chi connectivity index (χ1n) is 9.68. The molecule has 0 aliphatic carbocycles. The van der Waals surface area contributed by atoms with Crippen LogP contribution in [-0.4, -0.2) is 56.9 Å². The van der Waals surface area contributed by atoms with Gasteiger partial charge in [-0.15, -0.1) is 0 Å². The fraction of sp³-hybridized carbons (Fsp3) is 0.750. The summed E-state index contributed by atoms with van der Waals surface area (Å²) in [5.41, 5.74) is 0. The van der Waals surface area contributed by atoms with E-state index >= 15 is 0 Å². The van der Waals surface area contributed by atoms with Gasteiger partial charge in [0.2, 0.25) is 0 Å². The van der Waals surface area contributed by atoms with Gasteiger partial charge in [0.25, 0.3) is 0 Å². The van der Waals surface area contributed by atoms with Crippen LogP contribution in [0.1, 0.15) is 64.7 Å². The molecule has 0 amide bonds. The molecule has 1 aliphatic rings. The lowest BCUT2D eigenvalue weighted by molar-refractivity contribution is -0.137. The Morgan fingerprint density at radius 1 is 1.19 bits per heavy atom. The van der Waals surface area contributed by atoms with Gasteiger partial charge in [-0.1, -0.05) is 44.1 Å². The number of aliphatic hydroxyl groups is 3. The maximum Gasteiger partial charge on any atom is 0.303 e. The summed E-state index contributed by atoms with van der Waals surface area (Å²) in [6.07, 6.45) is 10.1. The van der Waals surface area contributed by atoms with E-state index in [4.69, 9.17) is 9.84 Å². The Bertz CT molecular complexity index is 448. The Balaban J connectivity index is 2.29. The van der Waals surface area contributed by atoms with E-state index in [-0.39, 0.29) is 6.42 Å². The number of rotatable bonds is 13. The number of aliphatic hydroxyl groups excluding tert-OH is 3. The molecule has 0 aromatic heterocycles. The number of carboxylic acid groups (broad SMARTS) is 1. The number of carbonyl (C=O) groups is 1. The largest absolute Gasteiger partial charge is 0.481 e. The number of allylic oxidation sites excluding steroid dienone is 1. The van der Waals surface area contributed by atoms with Crippen LogP contribution in [0.2, 0.25) is 0 Å². The second-order valence-corrected chi connectivity index (χ2v) is 6.95. The van der Waals surface area contributed by atoms with E-state index < -0.39 is 36.5 Å². The molecule has 1 aliphatic heterocycles. The van der Waals surface area contributed by atoms with Crippen LogP contribution >= 0.6 is 0 Å². The average Bonchev–Trinajstić information content (AvgIpc) is 2.96. The Morgan fingerprint density at radius 2 is 1.96 bits per heavy atom. The van der Waals surface area contributed by atoms with Gasteiger partial charge in [-0.2, -0.15) is 0 Å². The Morgan fingerprint density at radius 3 is 2.65 bits per heavy atom. The monoisotopic (exact) mass is 370 g/mol. The third-order valence-electron chi connectivity index (χ3n) is 4.56. The Labute approximate surface area is 156 Å². The summed E-state index contributed by atoms with van der Waals surface area (Å²) >= 11 is 0. The average molecular weight is 370 g/mol. The van der Waals surface area contributed by atoms with Crippen molar-refractivity contribution in [3.63, 3.8) is 0 Å². The lowest BCUT2D eigenvalue weighted by Gasteiger charge is -2.17. The van der Waals surface area contributed by atoms with Crippen LogP contribution in [0.4, 0.5) is 0 Å². The van der Waals surface area contributed by atoms with Gasteiger partial charge in [-0.05, 0) is 32.1 Å². The van der Waals surface area contributed by atoms with Gasteiger partial charge in [0, 0.05) is 12.8 Å². The molecule has 0 aromatic carbocycles. The molecule has 0 unspecified atom stereocenters. The molecule has 6 heteroatoms. The van der Waals surface area contributed by atoms with Crippen molar-refractivity contribution >= 4 is 5.97 Å². The SMILES string of the molecule is CCCCC/C=C\C[C@@H](O)/C=C\[C@@H](O)[C@@H]1C[C@@H](O)[C@H](CCCC(=O)O)O1. The smallest absolute Gasteiger partial charge is 0.303 e. The number of ether oxygens (including phenoxy) is 1. The van der Waals surface area contributed by atoms with Gasteiger partial charge < -0.3 is 25.2 Å².